The summed E-state index contributed by atoms with van der Waals surface area (Å²) in [4.78, 5) is 0. The van der Waals surface area contributed by atoms with Crippen LogP contribution in [0.1, 0.15) is 46.5 Å². The van der Waals surface area contributed by atoms with Crippen LogP contribution >= 0.6 is 0 Å². The Bertz CT molecular complexity index is 393. The molecule has 3 heteroatoms. The topological polar surface area (TPSA) is 18.5 Å². The predicted octanol–water partition coefficient (Wildman–Crippen LogP) is 5.02. The highest BCUT2D eigenvalue weighted by Gasteiger charge is 2.42. The highest BCUT2D eigenvalue weighted by atomic mass is 28.4. The van der Waals surface area contributed by atoms with E-state index in [0.29, 0.717) is 5.41 Å². The minimum Gasteiger partial charge on any atom is -0.416 e. The normalized spacial score (nSPS) is 32.4. The van der Waals surface area contributed by atoms with Gasteiger partial charge in [-0.1, -0.05) is 39.3 Å². The highest BCUT2D eigenvalue weighted by Crippen LogP contribution is 2.46. The van der Waals surface area contributed by atoms with Gasteiger partial charge in [-0.05, 0) is 55.1 Å². The lowest BCUT2D eigenvalue weighted by atomic mass is 9.84. The molecule has 3 aliphatic rings. The second-order valence-corrected chi connectivity index (χ2v) is 12.7. The van der Waals surface area contributed by atoms with Gasteiger partial charge in [-0.15, -0.1) is 0 Å². The predicted molar refractivity (Wildman–Crippen MR) is 94.5 cm³/mol. The first-order valence-electron chi connectivity index (χ1n) is 9.54. The summed E-state index contributed by atoms with van der Waals surface area (Å²) in [6, 6.07) is 3.93. The lowest BCUT2D eigenvalue weighted by Gasteiger charge is -2.43. The van der Waals surface area contributed by atoms with Crippen LogP contribution in [-0.2, 0) is 9.16 Å². The van der Waals surface area contributed by atoms with Crippen LogP contribution < -0.4 is 0 Å². The third-order valence-corrected chi connectivity index (χ3v) is 11.5. The lowest BCUT2D eigenvalue weighted by Crippen LogP contribution is -2.49. The zero-order valence-electron chi connectivity index (χ0n) is 14.8. The Kier molecular flexibility index (Phi) is 5.15. The van der Waals surface area contributed by atoms with Gasteiger partial charge in [0.1, 0.15) is 0 Å². The Hall–Kier alpha value is -0.123. The van der Waals surface area contributed by atoms with Gasteiger partial charge in [0, 0.05) is 12.0 Å². The molecule has 126 valence electrons. The Morgan fingerprint density at radius 3 is 2.36 bits per heavy atom. The molecular weight excluding hydrogens is 288 g/mol. The van der Waals surface area contributed by atoms with Crippen molar-refractivity contribution in [3.63, 3.8) is 0 Å². The number of ether oxygens (including phenoxy) is 1. The minimum atomic E-state index is -1.53. The first kappa shape index (κ1) is 16.7. The largest absolute Gasteiger partial charge is 0.416 e. The van der Waals surface area contributed by atoms with Crippen molar-refractivity contribution in [2.75, 3.05) is 19.8 Å². The van der Waals surface area contributed by atoms with E-state index in [2.05, 4.69) is 32.9 Å². The lowest BCUT2D eigenvalue weighted by molar-refractivity contribution is -0.135. The fourth-order valence-corrected chi connectivity index (χ4v) is 7.91. The summed E-state index contributed by atoms with van der Waals surface area (Å²) in [5, 5.41) is 0. The average Bonchev–Trinajstić information content (AvgIpc) is 3.13. The molecule has 2 nitrogen and oxygen atoms in total. The summed E-state index contributed by atoms with van der Waals surface area (Å²) in [6.07, 6.45) is 10.5. The smallest absolute Gasteiger partial charge is 0.192 e. The van der Waals surface area contributed by atoms with E-state index in [0.717, 1.165) is 37.6 Å². The maximum absolute atomic E-state index is 6.71. The second kappa shape index (κ2) is 6.78. The van der Waals surface area contributed by atoms with Gasteiger partial charge >= 0.3 is 0 Å². The number of rotatable bonds is 9. The van der Waals surface area contributed by atoms with E-state index in [-0.39, 0.29) is 0 Å². The van der Waals surface area contributed by atoms with Crippen LogP contribution in [0.2, 0.25) is 18.1 Å². The Morgan fingerprint density at radius 2 is 1.91 bits per heavy atom. The number of fused-ring (bicyclic) bond motifs is 2. The van der Waals surface area contributed by atoms with Crippen molar-refractivity contribution in [3.8, 4) is 0 Å². The van der Waals surface area contributed by atoms with Crippen LogP contribution in [0.3, 0.4) is 0 Å². The molecule has 22 heavy (non-hydrogen) atoms. The van der Waals surface area contributed by atoms with E-state index in [1.54, 1.807) is 0 Å². The molecule has 2 bridgehead atoms. The fourth-order valence-electron chi connectivity index (χ4n) is 4.64. The second-order valence-electron chi connectivity index (χ2n) is 8.10. The summed E-state index contributed by atoms with van der Waals surface area (Å²) < 4.78 is 12.2. The monoisotopic (exact) mass is 322 g/mol. The molecular formula is C19H34O2Si. The third kappa shape index (κ3) is 3.22. The maximum atomic E-state index is 6.71. The molecule has 2 aliphatic carbocycles. The first-order chi connectivity index (χ1) is 10.6. The zero-order valence-corrected chi connectivity index (χ0v) is 15.8. The van der Waals surface area contributed by atoms with E-state index in [4.69, 9.17) is 9.16 Å². The van der Waals surface area contributed by atoms with E-state index >= 15 is 0 Å². The molecule has 1 saturated carbocycles. The Labute approximate surface area is 137 Å². The van der Waals surface area contributed by atoms with Crippen molar-refractivity contribution < 1.29 is 9.16 Å². The van der Waals surface area contributed by atoms with E-state index < -0.39 is 8.32 Å². The van der Waals surface area contributed by atoms with Crippen molar-refractivity contribution in [1.82, 2.24) is 0 Å². The number of hydrogen-bond acceptors (Lipinski definition) is 2. The van der Waals surface area contributed by atoms with Crippen molar-refractivity contribution >= 4 is 8.32 Å². The summed E-state index contributed by atoms with van der Waals surface area (Å²) in [6.45, 7) is 9.80. The van der Waals surface area contributed by atoms with Crippen LogP contribution in [0.15, 0.2) is 12.2 Å². The Balaban J connectivity index is 1.53. The van der Waals surface area contributed by atoms with Crippen LogP contribution in [0.4, 0.5) is 0 Å². The van der Waals surface area contributed by atoms with E-state index in [1.807, 2.05) is 0 Å². The average molecular weight is 323 g/mol. The molecule has 0 aromatic carbocycles. The van der Waals surface area contributed by atoms with Gasteiger partial charge in [0.15, 0.2) is 8.32 Å². The number of hydrogen-bond donors (Lipinski definition) is 0. The highest BCUT2D eigenvalue weighted by molar-refractivity contribution is 6.73. The van der Waals surface area contributed by atoms with Gasteiger partial charge in [0.25, 0.3) is 0 Å². The van der Waals surface area contributed by atoms with Gasteiger partial charge in [-0.3, -0.25) is 0 Å². The van der Waals surface area contributed by atoms with Crippen LogP contribution in [0, 0.1) is 23.2 Å². The molecule has 0 spiro atoms. The van der Waals surface area contributed by atoms with Crippen molar-refractivity contribution in [2.45, 2.75) is 64.6 Å². The minimum absolute atomic E-state index is 0.345. The van der Waals surface area contributed by atoms with Gasteiger partial charge in [-0.2, -0.15) is 0 Å². The fraction of sp³-hybridized carbons (Fsp3) is 0.895. The van der Waals surface area contributed by atoms with Gasteiger partial charge in [0.2, 0.25) is 0 Å². The van der Waals surface area contributed by atoms with Crippen molar-refractivity contribution in [1.29, 1.82) is 0 Å². The molecule has 1 aliphatic heterocycles. The summed E-state index contributed by atoms with van der Waals surface area (Å²) in [7, 11) is -1.53. The summed E-state index contributed by atoms with van der Waals surface area (Å²) >= 11 is 0. The molecule has 0 N–H and O–H groups in total. The van der Waals surface area contributed by atoms with Gasteiger partial charge in [0.05, 0.1) is 13.2 Å². The van der Waals surface area contributed by atoms with Crippen molar-refractivity contribution in [2.24, 2.45) is 23.2 Å². The summed E-state index contributed by atoms with van der Waals surface area (Å²) in [5.74, 6) is 2.76. The zero-order chi connectivity index (χ0) is 15.6. The standard InChI is InChI=1S/C19H34O2Si/c1-4-19(13-20-14-19)15-21-22(5-2,6-3)10-9-18-12-16-7-8-17(18)11-16/h7-8,16-18H,4-6,9-15H2,1-3H3. The van der Waals surface area contributed by atoms with Gasteiger partial charge < -0.3 is 9.16 Å². The quantitative estimate of drug-likeness (QED) is 0.438. The molecule has 3 unspecified atom stereocenters. The van der Waals surface area contributed by atoms with Crippen LogP contribution in [0.25, 0.3) is 0 Å². The SMILES string of the molecule is CCC1(CO[Si](CC)(CC)CCC2CC3C=CC2C3)COC1. The molecule has 2 fully saturated rings. The molecule has 0 radical (unpaired) electrons. The maximum Gasteiger partial charge on any atom is 0.192 e. The molecule has 3 rings (SSSR count). The first-order valence-corrected chi connectivity index (χ1v) is 12.1. The third-order valence-electron chi connectivity index (χ3n) is 6.93. The molecule has 0 aromatic heterocycles. The molecule has 1 heterocycles. The number of allylic oxidation sites excluding steroid dienone is 2. The van der Waals surface area contributed by atoms with E-state index in [1.165, 1.54) is 43.8 Å². The molecule has 0 amide bonds. The van der Waals surface area contributed by atoms with Crippen molar-refractivity contribution in [3.05, 3.63) is 12.2 Å². The van der Waals surface area contributed by atoms with Crippen LogP contribution in [0.5, 0.6) is 0 Å². The van der Waals surface area contributed by atoms with Gasteiger partial charge in [-0.25, -0.2) is 0 Å². The summed E-state index contributed by atoms with van der Waals surface area (Å²) in [5.41, 5.74) is 0.345. The van der Waals surface area contributed by atoms with Crippen LogP contribution in [-0.4, -0.2) is 28.1 Å². The molecule has 1 saturated heterocycles. The molecule has 3 atom stereocenters. The Morgan fingerprint density at radius 1 is 1.14 bits per heavy atom. The molecule has 0 aromatic rings. The van der Waals surface area contributed by atoms with E-state index in [9.17, 15) is 0 Å².